The topological polar surface area (TPSA) is 77.2 Å². The van der Waals surface area contributed by atoms with Crippen molar-refractivity contribution in [3.63, 3.8) is 0 Å². The van der Waals surface area contributed by atoms with Crippen molar-refractivity contribution in [1.29, 1.82) is 0 Å². The number of hydrogen-bond acceptors (Lipinski definition) is 3. The quantitative estimate of drug-likeness (QED) is 0.914. The molecule has 1 unspecified atom stereocenters. The molecule has 8 heteroatoms. The number of nitrogens with two attached hydrogens (primary N) is 1. The Morgan fingerprint density at radius 1 is 1.32 bits per heavy atom. The molecule has 0 saturated heterocycles. The van der Waals surface area contributed by atoms with Crippen LogP contribution >= 0.6 is 0 Å². The first kappa shape index (κ1) is 15.5. The van der Waals surface area contributed by atoms with Crippen LogP contribution in [-0.2, 0) is 26.6 Å². The molecular weight excluding hydrogens is 283 g/mol. The molecule has 19 heavy (non-hydrogen) atoms. The lowest BCUT2D eigenvalue weighted by Gasteiger charge is -2.14. The van der Waals surface area contributed by atoms with E-state index in [0.29, 0.717) is 0 Å². The Kier molecular flexibility index (Phi) is 4.24. The molecule has 0 radical (unpaired) electrons. The summed E-state index contributed by atoms with van der Waals surface area (Å²) in [4.78, 5) is 10.8. The first-order valence-electron chi connectivity index (χ1n) is 5.21. The monoisotopic (exact) mass is 295 g/mol. The van der Waals surface area contributed by atoms with Crippen LogP contribution in [0.25, 0.3) is 0 Å². The number of amides is 1. The molecule has 0 spiro atoms. The first-order valence-corrected chi connectivity index (χ1v) is 6.93. The third-order valence-electron chi connectivity index (χ3n) is 2.62. The molecule has 106 valence electrons. The zero-order valence-corrected chi connectivity index (χ0v) is 10.8. The minimum absolute atomic E-state index is 0.400. The minimum Gasteiger partial charge on any atom is -0.369 e. The fourth-order valence-corrected chi connectivity index (χ4v) is 2.73. The van der Waals surface area contributed by atoms with Crippen molar-refractivity contribution < 1.29 is 26.4 Å². The number of carbonyl (C=O) groups is 1. The lowest BCUT2D eigenvalue weighted by molar-refractivity contribution is -0.138. The van der Waals surface area contributed by atoms with E-state index in [9.17, 15) is 26.4 Å². The fraction of sp³-hybridized carbons (Fsp3) is 0.364. The van der Waals surface area contributed by atoms with Crippen LogP contribution in [0, 0.1) is 0 Å². The molecule has 1 aromatic carbocycles. The molecule has 1 aromatic rings. The summed E-state index contributed by atoms with van der Waals surface area (Å²) in [6, 6.07) is 4.32. The highest BCUT2D eigenvalue weighted by atomic mass is 32.2. The van der Waals surface area contributed by atoms with Crippen molar-refractivity contribution in [2.75, 3.05) is 0 Å². The van der Waals surface area contributed by atoms with E-state index in [4.69, 9.17) is 5.73 Å². The number of alkyl halides is 3. The van der Waals surface area contributed by atoms with Gasteiger partial charge in [0, 0.05) is 0 Å². The van der Waals surface area contributed by atoms with Crippen molar-refractivity contribution >= 4 is 15.7 Å². The molecule has 0 fully saturated rings. The number of rotatable bonds is 4. The van der Waals surface area contributed by atoms with Crippen LogP contribution in [0.4, 0.5) is 13.2 Å². The van der Waals surface area contributed by atoms with Crippen molar-refractivity contribution in [3.8, 4) is 0 Å². The first-order chi connectivity index (χ1) is 8.55. The fourth-order valence-electron chi connectivity index (χ4n) is 1.44. The second kappa shape index (κ2) is 5.20. The largest absolute Gasteiger partial charge is 0.416 e. The van der Waals surface area contributed by atoms with Gasteiger partial charge in [-0.1, -0.05) is 18.2 Å². The normalized spacial score (nSPS) is 14.1. The Balaban J connectivity index is 3.18. The number of halogens is 3. The van der Waals surface area contributed by atoms with Gasteiger partial charge in [-0.05, 0) is 18.6 Å². The van der Waals surface area contributed by atoms with Gasteiger partial charge in [0.15, 0.2) is 9.84 Å². The highest BCUT2D eigenvalue weighted by molar-refractivity contribution is 7.92. The predicted octanol–water partition coefficient (Wildman–Crippen LogP) is 1.49. The van der Waals surface area contributed by atoms with Crippen LogP contribution in [0.15, 0.2) is 24.3 Å². The van der Waals surface area contributed by atoms with Crippen molar-refractivity contribution in [2.24, 2.45) is 5.73 Å². The average molecular weight is 295 g/mol. The third kappa shape index (κ3) is 3.69. The van der Waals surface area contributed by atoms with Crippen LogP contribution in [0.5, 0.6) is 0 Å². The van der Waals surface area contributed by atoms with Gasteiger partial charge < -0.3 is 5.73 Å². The van der Waals surface area contributed by atoms with Gasteiger partial charge in [0.1, 0.15) is 5.25 Å². The maximum absolute atomic E-state index is 12.7. The summed E-state index contributed by atoms with van der Waals surface area (Å²) in [5.41, 5.74) is 3.43. The standard InChI is InChI=1S/C11H12F3NO3S/c1-7(10(15)16)19(17,18)6-8-4-2-3-5-9(8)11(12,13)14/h2-5,7H,6H2,1H3,(H2,15,16). The van der Waals surface area contributed by atoms with Gasteiger partial charge in [-0.3, -0.25) is 4.79 Å². The van der Waals surface area contributed by atoms with Gasteiger partial charge in [-0.15, -0.1) is 0 Å². The highest BCUT2D eigenvalue weighted by Crippen LogP contribution is 2.32. The molecule has 0 aliphatic heterocycles. The summed E-state index contributed by atoms with van der Waals surface area (Å²) in [5.74, 6) is -1.98. The molecule has 0 aliphatic rings. The van der Waals surface area contributed by atoms with E-state index in [1.54, 1.807) is 0 Å². The van der Waals surface area contributed by atoms with Gasteiger partial charge in [0.25, 0.3) is 0 Å². The molecule has 0 bridgehead atoms. The van der Waals surface area contributed by atoms with E-state index < -0.39 is 44.1 Å². The second-order valence-corrected chi connectivity index (χ2v) is 6.33. The SMILES string of the molecule is CC(C(N)=O)S(=O)(=O)Cc1ccccc1C(F)(F)F. The molecule has 0 saturated carbocycles. The van der Waals surface area contributed by atoms with E-state index in [1.807, 2.05) is 0 Å². The zero-order chi connectivity index (χ0) is 14.8. The van der Waals surface area contributed by atoms with Gasteiger partial charge in [-0.25, -0.2) is 8.42 Å². The molecule has 1 amide bonds. The lowest BCUT2D eigenvalue weighted by Crippen LogP contribution is -2.34. The lowest BCUT2D eigenvalue weighted by atomic mass is 10.1. The van der Waals surface area contributed by atoms with Crippen LogP contribution in [0.1, 0.15) is 18.1 Å². The minimum atomic E-state index is -4.65. The van der Waals surface area contributed by atoms with E-state index in [2.05, 4.69) is 0 Å². The molecule has 0 aromatic heterocycles. The molecule has 0 aliphatic carbocycles. The van der Waals surface area contributed by atoms with Crippen molar-refractivity contribution in [2.45, 2.75) is 24.1 Å². The predicted molar refractivity (Wildman–Crippen MR) is 62.7 cm³/mol. The van der Waals surface area contributed by atoms with Crippen LogP contribution in [0.2, 0.25) is 0 Å². The summed E-state index contributed by atoms with van der Waals surface area (Å²) < 4.78 is 61.6. The summed E-state index contributed by atoms with van der Waals surface area (Å²) in [6.45, 7) is 1.05. The summed E-state index contributed by atoms with van der Waals surface area (Å²) in [5, 5.41) is -1.53. The number of sulfone groups is 1. The third-order valence-corrected chi connectivity index (χ3v) is 4.64. The van der Waals surface area contributed by atoms with Gasteiger partial charge in [0.05, 0.1) is 11.3 Å². The van der Waals surface area contributed by atoms with E-state index in [0.717, 1.165) is 25.1 Å². The van der Waals surface area contributed by atoms with E-state index in [-0.39, 0.29) is 0 Å². The van der Waals surface area contributed by atoms with Gasteiger partial charge in [-0.2, -0.15) is 13.2 Å². The molecule has 1 atom stereocenters. The maximum atomic E-state index is 12.7. The summed E-state index contributed by atoms with van der Waals surface area (Å²) in [7, 11) is -4.07. The Morgan fingerprint density at radius 2 is 1.84 bits per heavy atom. The Morgan fingerprint density at radius 3 is 2.32 bits per heavy atom. The van der Waals surface area contributed by atoms with Gasteiger partial charge in [0.2, 0.25) is 5.91 Å². The van der Waals surface area contributed by atoms with E-state index in [1.165, 1.54) is 6.07 Å². The zero-order valence-electron chi connectivity index (χ0n) is 9.94. The van der Waals surface area contributed by atoms with Crippen molar-refractivity contribution in [1.82, 2.24) is 0 Å². The molecule has 2 N–H and O–H groups in total. The molecule has 0 heterocycles. The smallest absolute Gasteiger partial charge is 0.369 e. The average Bonchev–Trinajstić information content (AvgIpc) is 2.26. The molecular formula is C11H12F3NO3S. The van der Waals surface area contributed by atoms with Gasteiger partial charge >= 0.3 is 6.18 Å². The Bertz CT molecular complexity index is 581. The highest BCUT2D eigenvalue weighted by Gasteiger charge is 2.35. The van der Waals surface area contributed by atoms with Crippen molar-refractivity contribution in [3.05, 3.63) is 35.4 Å². The van der Waals surface area contributed by atoms with Crippen LogP contribution < -0.4 is 5.73 Å². The van der Waals surface area contributed by atoms with E-state index >= 15 is 0 Å². The Hall–Kier alpha value is -1.57. The Labute approximate surface area is 108 Å². The van der Waals surface area contributed by atoms with Crippen LogP contribution in [-0.4, -0.2) is 19.6 Å². The molecule has 4 nitrogen and oxygen atoms in total. The second-order valence-electron chi connectivity index (χ2n) is 4.01. The summed E-state index contributed by atoms with van der Waals surface area (Å²) >= 11 is 0. The number of primary amides is 1. The number of carbonyl (C=O) groups excluding carboxylic acids is 1. The number of benzene rings is 1. The maximum Gasteiger partial charge on any atom is 0.416 e. The summed E-state index contributed by atoms with van der Waals surface area (Å²) in [6.07, 6.45) is -4.65. The number of hydrogen-bond donors (Lipinski definition) is 1. The molecule has 1 rings (SSSR count). The van der Waals surface area contributed by atoms with Crippen LogP contribution in [0.3, 0.4) is 0 Å².